The molecule has 0 spiro atoms. The highest BCUT2D eigenvalue weighted by Crippen LogP contribution is 2.18. The van der Waals surface area contributed by atoms with E-state index >= 15 is 0 Å². The van der Waals surface area contributed by atoms with Gasteiger partial charge in [0.25, 0.3) is 5.69 Å². The standard InChI is InChI=1S/C9H9BN2O2/c10-8-3-7-5-11-2-1-6(7)4-9(8)12(13)14/h3-4,11H,1-2,5H2. The maximum absolute atomic E-state index is 10.6. The Balaban J connectivity index is 2.50. The van der Waals surface area contributed by atoms with Crippen LogP contribution in [0.1, 0.15) is 11.1 Å². The van der Waals surface area contributed by atoms with Crippen LogP contribution in [-0.4, -0.2) is 19.3 Å². The van der Waals surface area contributed by atoms with Crippen molar-refractivity contribution in [3.05, 3.63) is 33.4 Å². The van der Waals surface area contributed by atoms with Crippen LogP contribution in [-0.2, 0) is 13.0 Å². The van der Waals surface area contributed by atoms with Gasteiger partial charge in [0.15, 0.2) is 0 Å². The Morgan fingerprint density at radius 1 is 1.43 bits per heavy atom. The van der Waals surface area contributed by atoms with Crippen molar-refractivity contribution in [3.8, 4) is 0 Å². The second kappa shape index (κ2) is 3.42. The molecule has 1 aromatic carbocycles. The van der Waals surface area contributed by atoms with Gasteiger partial charge in [-0.3, -0.25) is 10.1 Å². The molecule has 0 bridgehead atoms. The molecule has 0 aliphatic carbocycles. The summed E-state index contributed by atoms with van der Waals surface area (Å²) in [5.74, 6) is 0. The van der Waals surface area contributed by atoms with Crippen LogP contribution in [0, 0.1) is 10.1 Å². The van der Waals surface area contributed by atoms with E-state index in [1.54, 1.807) is 12.1 Å². The first-order valence-electron chi connectivity index (χ1n) is 4.45. The van der Waals surface area contributed by atoms with Crippen LogP contribution in [0.4, 0.5) is 5.69 Å². The molecule has 0 aromatic heterocycles. The highest BCUT2D eigenvalue weighted by atomic mass is 16.6. The van der Waals surface area contributed by atoms with E-state index in [1.807, 2.05) is 0 Å². The van der Waals surface area contributed by atoms with Crippen molar-refractivity contribution in [2.45, 2.75) is 13.0 Å². The quantitative estimate of drug-likeness (QED) is 0.384. The molecule has 0 saturated carbocycles. The molecular formula is C9H9BN2O2. The van der Waals surface area contributed by atoms with Gasteiger partial charge in [-0.15, -0.1) is 0 Å². The summed E-state index contributed by atoms with van der Waals surface area (Å²) in [4.78, 5) is 10.2. The second-order valence-electron chi connectivity index (χ2n) is 3.36. The number of fused-ring (bicyclic) bond motifs is 1. The van der Waals surface area contributed by atoms with E-state index in [4.69, 9.17) is 7.85 Å². The largest absolute Gasteiger partial charge is 0.312 e. The molecule has 1 aliphatic rings. The van der Waals surface area contributed by atoms with Gasteiger partial charge in [0.2, 0.25) is 0 Å². The molecule has 14 heavy (non-hydrogen) atoms. The third-order valence-electron chi connectivity index (χ3n) is 2.43. The second-order valence-corrected chi connectivity index (χ2v) is 3.36. The Morgan fingerprint density at radius 2 is 2.21 bits per heavy atom. The van der Waals surface area contributed by atoms with Gasteiger partial charge in [-0.25, -0.2) is 0 Å². The fourth-order valence-corrected chi connectivity index (χ4v) is 1.70. The van der Waals surface area contributed by atoms with Crippen molar-refractivity contribution < 1.29 is 4.92 Å². The minimum atomic E-state index is -0.433. The number of benzene rings is 1. The van der Waals surface area contributed by atoms with Gasteiger partial charge in [0.05, 0.1) is 4.92 Å². The van der Waals surface area contributed by atoms with Crippen molar-refractivity contribution in [2.75, 3.05) is 6.54 Å². The minimum absolute atomic E-state index is 0.0191. The topological polar surface area (TPSA) is 55.2 Å². The molecule has 70 valence electrons. The third-order valence-corrected chi connectivity index (χ3v) is 2.43. The molecule has 0 unspecified atom stereocenters. The fraction of sp³-hybridized carbons (Fsp3) is 0.333. The number of nitrogens with one attached hydrogen (secondary N) is 1. The van der Waals surface area contributed by atoms with Gasteiger partial charge in [-0.2, -0.15) is 0 Å². The molecule has 4 nitrogen and oxygen atoms in total. The van der Waals surface area contributed by atoms with Crippen LogP contribution in [0.2, 0.25) is 0 Å². The van der Waals surface area contributed by atoms with Crippen LogP contribution in [0.15, 0.2) is 12.1 Å². The summed E-state index contributed by atoms with van der Waals surface area (Å²) in [5.41, 5.74) is 2.37. The van der Waals surface area contributed by atoms with E-state index in [-0.39, 0.29) is 11.2 Å². The van der Waals surface area contributed by atoms with E-state index in [0.717, 1.165) is 30.6 Å². The number of hydrogen-bond donors (Lipinski definition) is 1. The van der Waals surface area contributed by atoms with Crippen LogP contribution in [0.25, 0.3) is 0 Å². The van der Waals surface area contributed by atoms with Crippen LogP contribution < -0.4 is 10.8 Å². The van der Waals surface area contributed by atoms with Gasteiger partial charge in [0.1, 0.15) is 7.85 Å². The van der Waals surface area contributed by atoms with Crippen molar-refractivity contribution in [3.63, 3.8) is 0 Å². The van der Waals surface area contributed by atoms with E-state index in [9.17, 15) is 10.1 Å². The zero-order valence-electron chi connectivity index (χ0n) is 7.62. The average molecular weight is 188 g/mol. The number of nitro benzene ring substituents is 1. The van der Waals surface area contributed by atoms with Crippen molar-refractivity contribution in [1.29, 1.82) is 0 Å². The molecule has 0 saturated heterocycles. The maximum atomic E-state index is 10.6. The lowest BCUT2D eigenvalue weighted by Crippen LogP contribution is -2.25. The first-order valence-corrected chi connectivity index (χ1v) is 4.45. The van der Waals surface area contributed by atoms with Gasteiger partial charge >= 0.3 is 0 Å². The first kappa shape index (κ1) is 9.21. The van der Waals surface area contributed by atoms with E-state index < -0.39 is 4.92 Å². The van der Waals surface area contributed by atoms with E-state index in [2.05, 4.69) is 5.32 Å². The average Bonchev–Trinajstić information content (AvgIpc) is 2.16. The Kier molecular flexibility index (Phi) is 2.25. The van der Waals surface area contributed by atoms with Crippen molar-refractivity contribution in [1.82, 2.24) is 5.32 Å². The summed E-state index contributed by atoms with van der Waals surface area (Å²) >= 11 is 0. The van der Waals surface area contributed by atoms with Crippen LogP contribution in [0.5, 0.6) is 0 Å². The maximum Gasteiger partial charge on any atom is 0.262 e. The Bertz CT molecular complexity index is 393. The predicted octanol–water partition coefficient (Wildman–Crippen LogP) is 0.0343. The first-order chi connectivity index (χ1) is 6.68. The Morgan fingerprint density at radius 3 is 2.93 bits per heavy atom. The molecule has 0 fully saturated rings. The lowest BCUT2D eigenvalue weighted by Gasteiger charge is -2.17. The normalized spacial score (nSPS) is 14.9. The van der Waals surface area contributed by atoms with Gasteiger partial charge in [-0.05, 0) is 29.6 Å². The summed E-state index contributed by atoms with van der Waals surface area (Å²) in [7, 11) is 5.58. The summed E-state index contributed by atoms with van der Waals surface area (Å²) in [5, 5.41) is 13.8. The highest BCUT2D eigenvalue weighted by molar-refractivity contribution is 6.35. The smallest absolute Gasteiger partial charge is 0.262 e. The molecule has 2 rings (SSSR count). The molecule has 5 heteroatoms. The lowest BCUT2D eigenvalue weighted by atomic mass is 9.88. The number of rotatable bonds is 1. The van der Waals surface area contributed by atoms with Crippen molar-refractivity contribution >= 4 is 19.0 Å². The van der Waals surface area contributed by atoms with Crippen LogP contribution >= 0.6 is 0 Å². The summed E-state index contributed by atoms with van der Waals surface area (Å²) in [6.45, 7) is 1.62. The Labute approximate surface area is 82.9 Å². The summed E-state index contributed by atoms with van der Waals surface area (Å²) in [6.07, 6.45) is 0.830. The molecular weight excluding hydrogens is 179 g/mol. The van der Waals surface area contributed by atoms with Gasteiger partial charge in [0, 0.05) is 12.6 Å². The third kappa shape index (κ3) is 1.51. The van der Waals surface area contributed by atoms with Crippen molar-refractivity contribution in [2.24, 2.45) is 0 Å². The number of hydrogen-bond acceptors (Lipinski definition) is 3. The predicted molar refractivity (Wildman–Crippen MR) is 53.9 cm³/mol. The molecule has 1 N–H and O–H groups in total. The molecule has 1 aromatic rings. The van der Waals surface area contributed by atoms with Gasteiger partial charge < -0.3 is 5.32 Å². The zero-order valence-corrected chi connectivity index (χ0v) is 7.62. The van der Waals surface area contributed by atoms with E-state index in [0.29, 0.717) is 0 Å². The molecule has 0 atom stereocenters. The van der Waals surface area contributed by atoms with Crippen LogP contribution in [0.3, 0.4) is 0 Å². The zero-order chi connectivity index (χ0) is 10.1. The highest BCUT2D eigenvalue weighted by Gasteiger charge is 2.16. The van der Waals surface area contributed by atoms with E-state index in [1.165, 1.54) is 0 Å². The fourth-order valence-electron chi connectivity index (χ4n) is 1.70. The summed E-state index contributed by atoms with van der Waals surface area (Å²) < 4.78 is 0. The molecule has 0 amide bonds. The lowest BCUT2D eigenvalue weighted by molar-refractivity contribution is -0.383. The van der Waals surface area contributed by atoms with Gasteiger partial charge in [-0.1, -0.05) is 6.07 Å². The summed E-state index contributed by atoms with van der Waals surface area (Å²) in [6, 6.07) is 3.28. The molecule has 1 aliphatic heterocycles. The molecule has 1 heterocycles. The Hall–Kier alpha value is -1.36. The SMILES string of the molecule is [B]c1cc2c(cc1[N+](=O)[O-])CCNC2. The number of nitro groups is 1. The number of nitrogens with zero attached hydrogens (tertiary/aromatic N) is 1. The monoisotopic (exact) mass is 188 g/mol. The minimum Gasteiger partial charge on any atom is -0.312 e. The molecule has 2 radical (unpaired) electrons.